The molecular weight excluding hydrogens is 282 g/mol. The number of nitrogens with two attached hydrogens (primary N) is 1. The minimum atomic E-state index is -3.26. The highest BCUT2D eigenvalue weighted by Gasteiger charge is 2.15. The maximum absolute atomic E-state index is 11.7. The number of sulfone groups is 1. The van der Waals surface area contributed by atoms with Gasteiger partial charge in [-0.1, -0.05) is 6.92 Å². The molecule has 0 aliphatic carbocycles. The first-order valence-corrected chi connectivity index (χ1v) is 7.42. The average molecular weight is 295 g/mol. The summed E-state index contributed by atoms with van der Waals surface area (Å²) < 4.78 is 24.6. The first-order chi connectivity index (χ1) is 9.35. The van der Waals surface area contributed by atoms with Crippen LogP contribution in [0.3, 0.4) is 0 Å². The summed E-state index contributed by atoms with van der Waals surface area (Å²) in [5.41, 5.74) is 5.87. The second-order valence-corrected chi connectivity index (χ2v) is 6.36. The summed E-state index contributed by atoms with van der Waals surface area (Å²) in [5, 5.41) is 12.7. The number of hydrogen-bond donors (Lipinski definition) is 2. The number of benzene rings is 1. The predicted octanol–water partition coefficient (Wildman–Crippen LogP) is 0.946. The molecule has 0 atom stereocenters. The lowest BCUT2D eigenvalue weighted by Crippen LogP contribution is -2.05. The molecule has 0 fully saturated rings. The number of anilines is 1. The second-order valence-electron chi connectivity index (χ2n) is 4.08. The van der Waals surface area contributed by atoms with Crippen molar-refractivity contribution in [1.29, 1.82) is 0 Å². The summed E-state index contributed by atoms with van der Waals surface area (Å²) in [6.07, 6.45) is 1.37. The first-order valence-electron chi connectivity index (χ1n) is 5.77. The standard InChI is InChI=1S/C12H13N3O4S/c1-2-20(18,19)9-5-3-8(4-6-9)15-7-10(13)11(14-15)12(16)17/h3-7H,2,13H2,1H3,(H,16,17). The maximum Gasteiger partial charge on any atom is 0.358 e. The summed E-state index contributed by atoms with van der Waals surface area (Å²) in [5.74, 6) is -1.20. The smallest absolute Gasteiger partial charge is 0.358 e. The van der Waals surface area contributed by atoms with Crippen LogP contribution in [0, 0.1) is 0 Å². The molecule has 0 radical (unpaired) electrons. The van der Waals surface area contributed by atoms with E-state index >= 15 is 0 Å². The SMILES string of the molecule is CCS(=O)(=O)c1ccc(-n2cc(N)c(C(=O)O)n2)cc1. The zero-order valence-corrected chi connectivity index (χ0v) is 11.5. The Labute approximate surface area is 115 Å². The topological polar surface area (TPSA) is 115 Å². The van der Waals surface area contributed by atoms with Gasteiger partial charge < -0.3 is 10.8 Å². The summed E-state index contributed by atoms with van der Waals surface area (Å²) >= 11 is 0. The Kier molecular flexibility index (Phi) is 3.49. The Balaban J connectivity index is 2.40. The van der Waals surface area contributed by atoms with Gasteiger partial charge in [-0.2, -0.15) is 5.10 Å². The minimum absolute atomic E-state index is 0.0181. The molecule has 0 saturated heterocycles. The van der Waals surface area contributed by atoms with Gasteiger partial charge in [-0.3, -0.25) is 0 Å². The van der Waals surface area contributed by atoms with Gasteiger partial charge in [-0.05, 0) is 24.3 Å². The highest BCUT2D eigenvalue weighted by atomic mass is 32.2. The van der Waals surface area contributed by atoms with Crippen LogP contribution in [-0.4, -0.2) is 35.0 Å². The van der Waals surface area contributed by atoms with E-state index in [0.29, 0.717) is 5.69 Å². The normalized spacial score (nSPS) is 11.4. The number of rotatable bonds is 4. The molecule has 20 heavy (non-hydrogen) atoms. The van der Waals surface area contributed by atoms with Crippen molar-refractivity contribution >= 4 is 21.5 Å². The van der Waals surface area contributed by atoms with Crippen LogP contribution in [0.1, 0.15) is 17.4 Å². The maximum atomic E-state index is 11.7. The van der Waals surface area contributed by atoms with Crippen molar-refractivity contribution in [2.45, 2.75) is 11.8 Å². The molecule has 7 nitrogen and oxygen atoms in total. The highest BCUT2D eigenvalue weighted by molar-refractivity contribution is 7.91. The molecule has 0 aliphatic rings. The number of carboxylic acids is 1. The average Bonchev–Trinajstić information content (AvgIpc) is 2.81. The summed E-state index contributed by atoms with van der Waals surface area (Å²) in [6, 6.07) is 5.99. The summed E-state index contributed by atoms with van der Waals surface area (Å²) in [4.78, 5) is 11.1. The van der Waals surface area contributed by atoms with Crippen LogP contribution in [0.4, 0.5) is 5.69 Å². The molecule has 0 saturated carbocycles. The predicted molar refractivity (Wildman–Crippen MR) is 72.7 cm³/mol. The molecule has 2 aromatic rings. The molecule has 0 amide bonds. The highest BCUT2D eigenvalue weighted by Crippen LogP contribution is 2.17. The van der Waals surface area contributed by atoms with Crippen molar-refractivity contribution in [3.05, 3.63) is 36.2 Å². The van der Waals surface area contributed by atoms with E-state index in [0.717, 1.165) is 0 Å². The zero-order valence-electron chi connectivity index (χ0n) is 10.6. The van der Waals surface area contributed by atoms with Crippen molar-refractivity contribution in [1.82, 2.24) is 9.78 Å². The Bertz CT molecular complexity index is 748. The monoisotopic (exact) mass is 295 g/mol. The van der Waals surface area contributed by atoms with Crippen molar-refractivity contribution in [3.8, 4) is 5.69 Å². The van der Waals surface area contributed by atoms with Crippen LogP contribution >= 0.6 is 0 Å². The van der Waals surface area contributed by atoms with Gasteiger partial charge in [0.15, 0.2) is 15.5 Å². The van der Waals surface area contributed by atoms with Crippen LogP contribution in [-0.2, 0) is 9.84 Å². The van der Waals surface area contributed by atoms with E-state index in [-0.39, 0.29) is 22.0 Å². The van der Waals surface area contributed by atoms with E-state index in [1.165, 1.54) is 23.0 Å². The van der Waals surface area contributed by atoms with E-state index in [1.807, 2.05) is 0 Å². The fourth-order valence-electron chi connectivity index (χ4n) is 1.66. The quantitative estimate of drug-likeness (QED) is 0.867. The molecule has 3 N–H and O–H groups in total. The molecule has 106 valence electrons. The Morgan fingerprint density at radius 3 is 2.40 bits per heavy atom. The van der Waals surface area contributed by atoms with E-state index < -0.39 is 15.8 Å². The second kappa shape index (κ2) is 4.97. The molecule has 0 spiro atoms. The van der Waals surface area contributed by atoms with Gasteiger partial charge in [0.05, 0.1) is 28.2 Å². The number of carboxylic acid groups (broad SMARTS) is 1. The molecular formula is C12H13N3O4S. The summed E-state index contributed by atoms with van der Waals surface area (Å²) in [6.45, 7) is 1.57. The Morgan fingerprint density at radius 1 is 1.35 bits per heavy atom. The number of carbonyl (C=O) groups is 1. The molecule has 0 unspecified atom stereocenters. The van der Waals surface area contributed by atoms with Crippen LogP contribution in [0.25, 0.3) is 5.69 Å². The van der Waals surface area contributed by atoms with Gasteiger partial charge in [-0.15, -0.1) is 0 Å². The van der Waals surface area contributed by atoms with E-state index in [4.69, 9.17) is 10.8 Å². The van der Waals surface area contributed by atoms with Gasteiger partial charge in [0.2, 0.25) is 0 Å². The van der Waals surface area contributed by atoms with Gasteiger partial charge in [-0.25, -0.2) is 17.9 Å². The molecule has 1 aromatic carbocycles. The summed E-state index contributed by atoms with van der Waals surface area (Å²) in [7, 11) is -3.26. The molecule has 1 heterocycles. The van der Waals surface area contributed by atoms with Gasteiger partial charge >= 0.3 is 5.97 Å². The lowest BCUT2D eigenvalue weighted by molar-refractivity contribution is 0.0691. The molecule has 0 aliphatic heterocycles. The third-order valence-corrected chi connectivity index (χ3v) is 4.54. The number of hydrogen-bond acceptors (Lipinski definition) is 5. The minimum Gasteiger partial charge on any atom is -0.476 e. The zero-order chi connectivity index (χ0) is 14.9. The van der Waals surface area contributed by atoms with Crippen molar-refractivity contribution in [2.75, 3.05) is 11.5 Å². The third kappa shape index (κ3) is 2.50. The van der Waals surface area contributed by atoms with Gasteiger partial charge in [0.1, 0.15) is 0 Å². The van der Waals surface area contributed by atoms with Crippen LogP contribution in [0.2, 0.25) is 0 Å². The van der Waals surface area contributed by atoms with Crippen molar-refractivity contribution in [3.63, 3.8) is 0 Å². The number of aromatic carboxylic acids is 1. The largest absolute Gasteiger partial charge is 0.476 e. The lowest BCUT2D eigenvalue weighted by Gasteiger charge is -2.04. The van der Waals surface area contributed by atoms with Crippen molar-refractivity contribution < 1.29 is 18.3 Å². The van der Waals surface area contributed by atoms with E-state index in [9.17, 15) is 13.2 Å². The number of nitrogens with zero attached hydrogens (tertiary/aromatic N) is 2. The number of aromatic nitrogens is 2. The lowest BCUT2D eigenvalue weighted by atomic mass is 10.3. The van der Waals surface area contributed by atoms with Crippen LogP contribution in [0.5, 0.6) is 0 Å². The Morgan fingerprint density at radius 2 is 1.95 bits per heavy atom. The third-order valence-electron chi connectivity index (χ3n) is 2.79. The van der Waals surface area contributed by atoms with E-state index in [1.54, 1.807) is 19.1 Å². The van der Waals surface area contributed by atoms with Crippen LogP contribution < -0.4 is 5.73 Å². The van der Waals surface area contributed by atoms with E-state index in [2.05, 4.69) is 5.10 Å². The first kappa shape index (κ1) is 14.1. The van der Waals surface area contributed by atoms with Gasteiger partial charge in [0.25, 0.3) is 0 Å². The van der Waals surface area contributed by atoms with Crippen LogP contribution in [0.15, 0.2) is 35.4 Å². The molecule has 0 bridgehead atoms. The Hall–Kier alpha value is -2.35. The fourth-order valence-corrected chi connectivity index (χ4v) is 2.54. The fraction of sp³-hybridized carbons (Fsp3) is 0.167. The number of nitrogen functional groups attached to an aromatic ring is 1. The molecule has 8 heteroatoms. The van der Waals surface area contributed by atoms with Gasteiger partial charge in [0, 0.05) is 0 Å². The molecule has 1 aromatic heterocycles. The van der Waals surface area contributed by atoms with Crippen molar-refractivity contribution in [2.24, 2.45) is 0 Å². The molecule has 2 rings (SSSR count).